The fraction of sp³-hybridized carbons (Fsp3) is 0.235. The third-order valence-electron chi connectivity index (χ3n) is 3.69. The Morgan fingerprint density at radius 1 is 1.29 bits per heavy atom. The first-order valence-electron chi connectivity index (χ1n) is 7.38. The Morgan fingerprint density at radius 3 is 2.79 bits per heavy atom. The molecule has 1 amide bonds. The largest absolute Gasteiger partial charge is 0.457 e. The van der Waals surface area contributed by atoms with Crippen molar-refractivity contribution in [2.24, 2.45) is 0 Å². The minimum absolute atomic E-state index is 0.0738. The average Bonchev–Trinajstić information content (AvgIpc) is 3.26. The maximum Gasteiger partial charge on any atom is 0.374 e. The Kier molecular flexibility index (Phi) is 4.61. The van der Waals surface area contributed by atoms with Gasteiger partial charge in [0.15, 0.2) is 6.61 Å². The van der Waals surface area contributed by atoms with Crippen molar-refractivity contribution in [2.45, 2.75) is 13.0 Å². The minimum Gasteiger partial charge on any atom is -0.457 e. The monoisotopic (exact) mass is 344 g/mol. The molecule has 2 heterocycles. The van der Waals surface area contributed by atoms with Crippen molar-refractivity contribution >= 4 is 33.4 Å². The minimum atomic E-state index is -0.658. The summed E-state index contributed by atoms with van der Waals surface area (Å²) in [6.45, 7) is 1.55. The van der Waals surface area contributed by atoms with Gasteiger partial charge in [0.25, 0.3) is 5.91 Å². The molecule has 0 aliphatic rings. The average molecular weight is 344 g/mol. The summed E-state index contributed by atoms with van der Waals surface area (Å²) in [4.78, 5) is 30.0. The molecule has 0 radical (unpaired) electrons. The van der Waals surface area contributed by atoms with Crippen LogP contribution in [0.5, 0.6) is 0 Å². The number of hydrogen-bond donors (Lipinski definition) is 0. The van der Waals surface area contributed by atoms with Crippen LogP contribution in [0.4, 0.5) is 0 Å². The van der Waals surface area contributed by atoms with Crippen molar-refractivity contribution in [3.63, 3.8) is 0 Å². The number of aromatic nitrogens is 1. The number of nitrogens with zero attached hydrogens (tertiary/aromatic N) is 2. The highest BCUT2D eigenvalue weighted by molar-refractivity contribution is 7.18. The van der Waals surface area contributed by atoms with Crippen molar-refractivity contribution in [2.75, 3.05) is 13.7 Å². The number of furan rings is 1. The molecule has 3 aromatic rings. The summed E-state index contributed by atoms with van der Waals surface area (Å²) in [6, 6.07) is 10.7. The summed E-state index contributed by atoms with van der Waals surface area (Å²) in [5.41, 5.74) is 0.912. The Balaban J connectivity index is 1.63. The predicted molar refractivity (Wildman–Crippen MR) is 89.8 cm³/mol. The van der Waals surface area contributed by atoms with Gasteiger partial charge in [0.05, 0.1) is 22.5 Å². The van der Waals surface area contributed by atoms with E-state index in [1.807, 2.05) is 31.2 Å². The van der Waals surface area contributed by atoms with Crippen LogP contribution in [0.15, 0.2) is 47.1 Å². The molecule has 6 nitrogen and oxygen atoms in total. The van der Waals surface area contributed by atoms with Crippen molar-refractivity contribution in [1.29, 1.82) is 0 Å². The summed E-state index contributed by atoms with van der Waals surface area (Å²) < 4.78 is 11.0. The number of thiazole rings is 1. The molecule has 0 saturated carbocycles. The Hall–Kier alpha value is -2.67. The third-order valence-corrected chi connectivity index (χ3v) is 4.90. The second kappa shape index (κ2) is 6.84. The first kappa shape index (κ1) is 16.2. The molecule has 0 spiro atoms. The summed E-state index contributed by atoms with van der Waals surface area (Å²) in [5, 5.41) is 0.837. The standard InChI is InChI=1S/C17H16N2O4S/c1-11(16-18-12-6-3-4-8-14(12)24-16)19(2)15(20)10-23-17(21)13-7-5-9-22-13/h3-9,11H,10H2,1-2H3/t11-/m1/s1. The number of carbonyl (C=O) groups is 2. The molecular weight excluding hydrogens is 328 g/mol. The van der Waals surface area contributed by atoms with Crippen LogP contribution in [-0.2, 0) is 9.53 Å². The first-order chi connectivity index (χ1) is 11.6. The molecule has 0 N–H and O–H groups in total. The lowest BCUT2D eigenvalue weighted by atomic mass is 10.3. The van der Waals surface area contributed by atoms with E-state index in [4.69, 9.17) is 9.15 Å². The number of fused-ring (bicyclic) bond motifs is 1. The summed E-state index contributed by atoms with van der Waals surface area (Å²) >= 11 is 1.55. The number of para-hydroxylation sites is 1. The first-order valence-corrected chi connectivity index (χ1v) is 8.19. The highest BCUT2D eigenvalue weighted by Crippen LogP contribution is 2.28. The van der Waals surface area contributed by atoms with Crippen LogP contribution >= 0.6 is 11.3 Å². The van der Waals surface area contributed by atoms with Gasteiger partial charge in [0.1, 0.15) is 5.01 Å². The molecule has 0 bridgehead atoms. The van der Waals surface area contributed by atoms with Crippen LogP contribution in [0.25, 0.3) is 10.2 Å². The highest BCUT2D eigenvalue weighted by atomic mass is 32.1. The van der Waals surface area contributed by atoms with Crippen LogP contribution in [0.1, 0.15) is 28.5 Å². The van der Waals surface area contributed by atoms with E-state index < -0.39 is 5.97 Å². The van der Waals surface area contributed by atoms with Crippen LogP contribution < -0.4 is 0 Å². The number of esters is 1. The molecule has 0 aliphatic heterocycles. The van der Waals surface area contributed by atoms with Crippen molar-refractivity contribution in [1.82, 2.24) is 9.88 Å². The number of carbonyl (C=O) groups excluding carboxylic acids is 2. The normalized spacial score (nSPS) is 12.1. The maximum atomic E-state index is 12.2. The van der Waals surface area contributed by atoms with Gasteiger partial charge in [-0.3, -0.25) is 4.79 Å². The zero-order valence-corrected chi connectivity index (χ0v) is 14.1. The van der Waals surface area contributed by atoms with Gasteiger partial charge in [-0.1, -0.05) is 12.1 Å². The summed E-state index contributed by atoms with van der Waals surface area (Å²) in [6.07, 6.45) is 1.37. The topological polar surface area (TPSA) is 72.6 Å². The van der Waals surface area contributed by atoms with Gasteiger partial charge in [-0.05, 0) is 31.2 Å². The molecule has 0 unspecified atom stereocenters. The Labute approximate surface area is 142 Å². The van der Waals surface area contributed by atoms with Gasteiger partial charge in [-0.15, -0.1) is 11.3 Å². The lowest BCUT2D eigenvalue weighted by Crippen LogP contribution is -2.33. The van der Waals surface area contributed by atoms with Crippen LogP contribution in [-0.4, -0.2) is 35.4 Å². The molecule has 0 fully saturated rings. The third kappa shape index (κ3) is 3.30. The number of likely N-dealkylation sites (N-methyl/N-ethyl adjacent to an activating group) is 1. The van der Waals surface area contributed by atoms with Gasteiger partial charge in [-0.2, -0.15) is 0 Å². The van der Waals surface area contributed by atoms with E-state index in [1.165, 1.54) is 17.2 Å². The molecule has 3 rings (SSSR count). The Morgan fingerprint density at radius 2 is 2.08 bits per heavy atom. The molecule has 0 saturated heterocycles. The Bertz CT molecular complexity index is 823. The van der Waals surface area contributed by atoms with E-state index in [0.29, 0.717) is 0 Å². The summed E-state index contributed by atoms with van der Waals surface area (Å²) in [7, 11) is 1.67. The molecule has 124 valence electrons. The number of benzene rings is 1. The maximum absolute atomic E-state index is 12.2. The van der Waals surface area contributed by atoms with Crippen LogP contribution in [0.3, 0.4) is 0 Å². The molecule has 0 aliphatic carbocycles. The molecule has 1 atom stereocenters. The van der Waals surface area contributed by atoms with E-state index in [9.17, 15) is 9.59 Å². The van der Waals surface area contributed by atoms with E-state index in [0.717, 1.165) is 15.2 Å². The zero-order chi connectivity index (χ0) is 17.1. The van der Waals surface area contributed by atoms with Gasteiger partial charge in [-0.25, -0.2) is 9.78 Å². The van der Waals surface area contributed by atoms with Crippen LogP contribution in [0, 0.1) is 0 Å². The van der Waals surface area contributed by atoms with E-state index in [1.54, 1.807) is 24.5 Å². The number of ether oxygens (including phenoxy) is 1. The second-order valence-electron chi connectivity index (χ2n) is 5.25. The van der Waals surface area contributed by atoms with Gasteiger partial charge in [0, 0.05) is 7.05 Å². The molecule has 1 aromatic carbocycles. The van der Waals surface area contributed by atoms with E-state index >= 15 is 0 Å². The molecule has 2 aromatic heterocycles. The lowest BCUT2D eigenvalue weighted by molar-refractivity contribution is -0.135. The van der Waals surface area contributed by atoms with Crippen molar-refractivity contribution in [3.05, 3.63) is 53.4 Å². The molecular formula is C17H16N2O4S. The fourth-order valence-corrected chi connectivity index (χ4v) is 3.21. The zero-order valence-electron chi connectivity index (χ0n) is 13.3. The number of rotatable bonds is 5. The van der Waals surface area contributed by atoms with Crippen LogP contribution in [0.2, 0.25) is 0 Å². The molecule has 24 heavy (non-hydrogen) atoms. The smallest absolute Gasteiger partial charge is 0.374 e. The fourth-order valence-electron chi connectivity index (χ4n) is 2.15. The number of amides is 1. The quantitative estimate of drug-likeness (QED) is 0.664. The van der Waals surface area contributed by atoms with Crippen molar-refractivity contribution in [3.8, 4) is 0 Å². The van der Waals surface area contributed by atoms with E-state index in [-0.39, 0.29) is 24.3 Å². The summed E-state index contributed by atoms with van der Waals surface area (Å²) in [5.74, 6) is -0.888. The number of hydrogen-bond acceptors (Lipinski definition) is 6. The van der Waals surface area contributed by atoms with Gasteiger partial charge < -0.3 is 14.1 Å². The highest BCUT2D eigenvalue weighted by Gasteiger charge is 2.22. The van der Waals surface area contributed by atoms with Gasteiger partial charge >= 0.3 is 5.97 Å². The van der Waals surface area contributed by atoms with Gasteiger partial charge in [0.2, 0.25) is 5.76 Å². The predicted octanol–water partition coefficient (Wildman–Crippen LogP) is 3.27. The lowest BCUT2D eigenvalue weighted by Gasteiger charge is -2.22. The SMILES string of the molecule is C[C@H](c1nc2ccccc2s1)N(C)C(=O)COC(=O)c1ccco1. The van der Waals surface area contributed by atoms with Crippen molar-refractivity contribution < 1.29 is 18.7 Å². The van der Waals surface area contributed by atoms with E-state index in [2.05, 4.69) is 4.98 Å². The molecule has 7 heteroatoms. The second-order valence-corrected chi connectivity index (χ2v) is 6.32.